The predicted molar refractivity (Wildman–Crippen MR) is 116 cm³/mol. The average molecular weight is 425 g/mol. The first kappa shape index (κ1) is 21.1. The Balaban J connectivity index is 1.64. The lowest BCUT2D eigenvalue weighted by atomic mass is 10.00. The maximum absolute atomic E-state index is 13.6. The van der Waals surface area contributed by atoms with E-state index in [1.54, 1.807) is 31.2 Å². The predicted octanol–water partition coefficient (Wildman–Crippen LogP) is 1.97. The van der Waals surface area contributed by atoms with Crippen molar-refractivity contribution in [2.75, 3.05) is 57.9 Å². The number of pyridine rings is 1. The van der Waals surface area contributed by atoms with Crippen LogP contribution in [-0.2, 0) is 9.53 Å². The number of aromatic nitrogens is 1. The van der Waals surface area contributed by atoms with Crippen LogP contribution in [0.2, 0.25) is 0 Å². The van der Waals surface area contributed by atoms with E-state index in [4.69, 9.17) is 9.47 Å². The van der Waals surface area contributed by atoms with Crippen molar-refractivity contribution >= 4 is 17.6 Å². The van der Waals surface area contributed by atoms with Gasteiger partial charge in [-0.25, -0.2) is 4.98 Å². The molecule has 1 aromatic carbocycles. The number of anilines is 1. The molecule has 0 spiro atoms. The summed E-state index contributed by atoms with van der Waals surface area (Å²) >= 11 is 0. The minimum Gasteiger partial charge on any atom is -0.496 e. The van der Waals surface area contributed by atoms with E-state index < -0.39 is 0 Å². The fourth-order valence-corrected chi connectivity index (χ4v) is 4.20. The van der Waals surface area contributed by atoms with Gasteiger partial charge in [-0.2, -0.15) is 0 Å². The Bertz CT molecular complexity index is 945. The second kappa shape index (κ2) is 9.34. The van der Waals surface area contributed by atoms with Gasteiger partial charge >= 0.3 is 0 Å². The van der Waals surface area contributed by atoms with Gasteiger partial charge in [-0.15, -0.1) is 0 Å². The molecule has 1 atom stereocenters. The number of morpholine rings is 1. The maximum Gasteiger partial charge on any atom is 0.254 e. The number of hydrogen-bond donors (Lipinski definition) is 0. The second-order valence-corrected chi connectivity index (χ2v) is 7.72. The molecule has 31 heavy (non-hydrogen) atoms. The molecule has 0 bridgehead atoms. The number of para-hydroxylation sites is 1. The van der Waals surface area contributed by atoms with Crippen molar-refractivity contribution in [3.8, 4) is 5.75 Å². The molecular weight excluding hydrogens is 396 g/mol. The molecule has 1 unspecified atom stereocenters. The highest BCUT2D eigenvalue weighted by Crippen LogP contribution is 2.33. The van der Waals surface area contributed by atoms with Crippen molar-refractivity contribution in [2.24, 2.45) is 0 Å². The molecule has 2 amide bonds. The molecule has 2 aromatic rings. The Kier molecular flexibility index (Phi) is 6.36. The van der Waals surface area contributed by atoms with E-state index in [1.165, 1.54) is 0 Å². The number of rotatable bonds is 4. The molecule has 2 aliphatic rings. The van der Waals surface area contributed by atoms with Gasteiger partial charge in [0.25, 0.3) is 5.91 Å². The third kappa shape index (κ3) is 4.49. The standard InChI is InChI=1S/C23H28N4O4/c1-17(28)26-9-10-27(20(16-26)19-5-3-4-6-21(19)30-2)23(29)18-7-8-24-22(15-18)25-11-13-31-14-12-25/h3-8,15,20H,9-14,16H2,1-2H3. The lowest BCUT2D eigenvalue weighted by Crippen LogP contribution is -2.52. The highest BCUT2D eigenvalue weighted by atomic mass is 16.5. The van der Waals surface area contributed by atoms with Gasteiger partial charge in [0.05, 0.1) is 26.4 Å². The van der Waals surface area contributed by atoms with E-state index in [0.717, 1.165) is 24.5 Å². The van der Waals surface area contributed by atoms with Crippen LogP contribution in [0.4, 0.5) is 5.82 Å². The van der Waals surface area contributed by atoms with Gasteiger partial charge in [0.1, 0.15) is 11.6 Å². The van der Waals surface area contributed by atoms with Crippen molar-refractivity contribution in [3.63, 3.8) is 0 Å². The lowest BCUT2D eigenvalue weighted by Gasteiger charge is -2.42. The first-order chi connectivity index (χ1) is 15.1. The molecule has 2 saturated heterocycles. The highest BCUT2D eigenvalue weighted by Gasteiger charge is 2.34. The first-order valence-electron chi connectivity index (χ1n) is 10.6. The summed E-state index contributed by atoms with van der Waals surface area (Å²) in [4.78, 5) is 35.9. The van der Waals surface area contributed by atoms with Crippen LogP contribution in [0, 0.1) is 0 Å². The second-order valence-electron chi connectivity index (χ2n) is 7.72. The van der Waals surface area contributed by atoms with Crippen molar-refractivity contribution in [2.45, 2.75) is 13.0 Å². The Morgan fingerprint density at radius 1 is 1.10 bits per heavy atom. The molecule has 8 nitrogen and oxygen atoms in total. The summed E-state index contributed by atoms with van der Waals surface area (Å²) in [5.41, 5.74) is 1.49. The van der Waals surface area contributed by atoms with Crippen LogP contribution in [-0.4, -0.2) is 79.6 Å². The largest absolute Gasteiger partial charge is 0.496 e. The number of carbonyl (C=O) groups is 2. The molecule has 2 fully saturated rings. The van der Waals surface area contributed by atoms with Crippen molar-refractivity contribution in [3.05, 3.63) is 53.7 Å². The van der Waals surface area contributed by atoms with Crippen LogP contribution < -0.4 is 9.64 Å². The van der Waals surface area contributed by atoms with Crippen LogP contribution in [0.1, 0.15) is 28.9 Å². The SMILES string of the molecule is COc1ccccc1C1CN(C(C)=O)CCN1C(=O)c1ccnc(N2CCOCC2)c1. The number of benzene rings is 1. The molecule has 0 aliphatic carbocycles. The summed E-state index contributed by atoms with van der Waals surface area (Å²) in [7, 11) is 1.62. The summed E-state index contributed by atoms with van der Waals surface area (Å²) in [6.07, 6.45) is 1.68. The molecule has 0 radical (unpaired) electrons. The average Bonchev–Trinajstić information content (AvgIpc) is 2.83. The summed E-state index contributed by atoms with van der Waals surface area (Å²) in [6.45, 7) is 5.78. The van der Waals surface area contributed by atoms with Crippen LogP contribution in [0.15, 0.2) is 42.6 Å². The quantitative estimate of drug-likeness (QED) is 0.747. The third-order valence-corrected chi connectivity index (χ3v) is 5.91. The van der Waals surface area contributed by atoms with Crippen LogP contribution >= 0.6 is 0 Å². The van der Waals surface area contributed by atoms with Gasteiger partial charge in [-0.3, -0.25) is 9.59 Å². The van der Waals surface area contributed by atoms with Gasteiger partial charge in [-0.05, 0) is 18.2 Å². The zero-order valence-corrected chi connectivity index (χ0v) is 18.0. The van der Waals surface area contributed by atoms with E-state index in [0.29, 0.717) is 44.2 Å². The zero-order chi connectivity index (χ0) is 21.8. The van der Waals surface area contributed by atoms with E-state index in [-0.39, 0.29) is 17.9 Å². The number of hydrogen-bond acceptors (Lipinski definition) is 6. The Morgan fingerprint density at radius 3 is 2.61 bits per heavy atom. The van der Waals surface area contributed by atoms with E-state index >= 15 is 0 Å². The Labute approximate surface area is 182 Å². The van der Waals surface area contributed by atoms with Crippen LogP contribution in [0.25, 0.3) is 0 Å². The van der Waals surface area contributed by atoms with E-state index in [9.17, 15) is 9.59 Å². The zero-order valence-electron chi connectivity index (χ0n) is 18.0. The number of ether oxygens (including phenoxy) is 2. The smallest absolute Gasteiger partial charge is 0.254 e. The van der Waals surface area contributed by atoms with Gasteiger partial charge in [0.2, 0.25) is 5.91 Å². The molecule has 1 aromatic heterocycles. The molecule has 3 heterocycles. The van der Waals surface area contributed by atoms with Crippen molar-refractivity contribution < 1.29 is 19.1 Å². The van der Waals surface area contributed by atoms with Gasteiger partial charge in [0, 0.05) is 57.0 Å². The topological polar surface area (TPSA) is 75.2 Å². The number of methoxy groups -OCH3 is 1. The van der Waals surface area contributed by atoms with Gasteiger partial charge in [-0.1, -0.05) is 18.2 Å². The number of piperazine rings is 1. The molecule has 4 rings (SSSR count). The van der Waals surface area contributed by atoms with E-state index in [2.05, 4.69) is 9.88 Å². The first-order valence-corrected chi connectivity index (χ1v) is 10.6. The molecule has 0 saturated carbocycles. The molecule has 8 heteroatoms. The fourth-order valence-electron chi connectivity index (χ4n) is 4.20. The summed E-state index contributed by atoms with van der Waals surface area (Å²) in [5, 5.41) is 0. The molecule has 2 aliphatic heterocycles. The summed E-state index contributed by atoms with van der Waals surface area (Å²) < 4.78 is 11.0. The lowest BCUT2D eigenvalue weighted by molar-refractivity contribution is -0.131. The third-order valence-electron chi connectivity index (χ3n) is 5.91. The van der Waals surface area contributed by atoms with Crippen LogP contribution in [0.5, 0.6) is 5.75 Å². The summed E-state index contributed by atoms with van der Waals surface area (Å²) in [5.74, 6) is 1.42. The highest BCUT2D eigenvalue weighted by molar-refractivity contribution is 5.95. The Hall–Kier alpha value is -3.13. The molecule has 164 valence electrons. The van der Waals surface area contributed by atoms with Gasteiger partial charge in [0.15, 0.2) is 0 Å². The minimum atomic E-state index is -0.290. The number of nitrogens with zero attached hydrogens (tertiary/aromatic N) is 4. The summed E-state index contributed by atoms with van der Waals surface area (Å²) in [6, 6.07) is 11.0. The number of carbonyl (C=O) groups excluding carboxylic acids is 2. The van der Waals surface area contributed by atoms with Gasteiger partial charge < -0.3 is 24.2 Å². The Morgan fingerprint density at radius 2 is 1.87 bits per heavy atom. The van der Waals surface area contributed by atoms with Crippen LogP contribution in [0.3, 0.4) is 0 Å². The number of amides is 2. The normalized spacial score (nSPS) is 19.3. The van der Waals surface area contributed by atoms with Crippen molar-refractivity contribution in [1.29, 1.82) is 0 Å². The van der Waals surface area contributed by atoms with E-state index in [1.807, 2.05) is 35.2 Å². The fraction of sp³-hybridized carbons (Fsp3) is 0.435. The molecular formula is C23H28N4O4. The molecule has 0 N–H and O–H groups in total. The minimum absolute atomic E-state index is 0.00510. The monoisotopic (exact) mass is 424 g/mol. The van der Waals surface area contributed by atoms with Crippen molar-refractivity contribution in [1.82, 2.24) is 14.8 Å². The maximum atomic E-state index is 13.6.